The molecule has 5 aliphatic rings. The molecule has 15 heteroatoms. The van der Waals surface area contributed by atoms with Crippen molar-refractivity contribution in [1.82, 2.24) is 29.3 Å². The first-order valence-corrected chi connectivity index (χ1v) is 14.3. The molecular formula is C24H27F3N6O5S. The predicted molar refractivity (Wildman–Crippen MR) is 127 cm³/mol. The number of urea groups is 1. The summed E-state index contributed by atoms with van der Waals surface area (Å²) in [7, 11) is -3.84. The molecule has 1 aromatic carbocycles. The topological polar surface area (TPSA) is 132 Å². The van der Waals surface area contributed by atoms with Crippen LogP contribution in [0.3, 0.4) is 0 Å². The number of aliphatic hydroxyl groups is 1. The van der Waals surface area contributed by atoms with Crippen LogP contribution in [-0.4, -0.2) is 94.5 Å². The van der Waals surface area contributed by atoms with Crippen molar-refractivity contribution in [1.29, 1.82) is 0 Å². The second kappa shape index (κ2) is 7.85. The number of halogens is 3. The molecular weight excluding hydrogens is 541 g/mol. The van der Waals surface area contributed by atoms with E-state index in [1.165, 1.54) is 4.31 Å². The summed E-state index contributed by atoms with van der Waals surface area (Å²) in [6.45, 7) is 2.86. The summed E-state index contributed by atoms with van der Waals surface area (Å²) < 4.78 is 67.8. The Morgan fingerprint density at radius 2 is 1.56 bits per heavy atom. The summed E-state index contributed by atoms with van der Waals surface area (Å²) in [5.41, 5.74) is -1.00. The van der Waals surface area contributed by atoms with Gasteiger partial charge in [0.2, 0.25) is 10.0 Å². The number of likely N-dealkylation sites (tertiary alicyclic amines) is 2. The Kier molecular flexibility index (Phi) is 5.05. The molecule has 210 valence electrons. The van der Waals surface area contributed by atoms with E-state index in [2.05, 4.69) is 19.9 Å². The van der Waals surface area contributed by atoms with Crippen LogP contribution >= 0.6 is 0 Å². The molecule has 0 atom stereocenters. The van der Waals surface area contributed by atoms with Crippen molar-refractivity contribution in [3.05, 3.63) is 35.9 Å². The number of aromatic amines is 1. The molecule has 2 spiro atoms. The lowest BCUT2D eigenvalue weighted by Gasteiger charge is -2.63. The van der Waals surface area contributed by atoms with Crippen LogP contribution in [0.1, 0.15) is 43.3 Å². The molecule has 7 rings (SSSR count). The number of alkyl halides is 3. The molecule has 1 aromatic heterocycles. The highest BCUT2D eigenvalue weighted by atomic mass is 32.2. The van der Waals surface area contributed by atoms with E-state index < -0.39 is 27.7 Å². The molecule has 2 aromatic rings. The SMILES string of the molecule is O=C(N1CC2(CC(c3nnc(C4(O)CC4)[nH]3)C2)C1)N1CC2(C1)CN(S(=O)(=O)c1ccc(OC(F)(F)F)cc1)C2. The number of hydrogen-bond donors (Lipinski definition) is 2. The zero-order chi connectivity index (χ0) is 27.4. The van der Waals surface area contributed by atoms with Crippen molar-refractivity contribution in [2.75, 3.05) is 39.3 Å². The molecule has 0 unspecified atom stereocenters. The zero-order valence-electron chi connectivity index (χ0n) is 20.8. The van der Waals surface area contributed by atoms with Crippen LogP contribution in [0.2, 0.25) is 0 Å². The zero-order valence-corrected chi connectivity index (χ0v) is 21.6. The van der Waals surface area contributed by atoms with E-state index in [-0.39, 0.29) is 40.8 Å². The van der Waals surface area contributed by atoms with Gasteiger partial charge >= 0.3 is 12.4 Å². The van der Waals surface area contributed by atoms with Crippen molar-refractivity contribution in [3.63, 3.8) is 0 Å². The molecule has 39 heavy (non-hydrogen) atoms. The van der Waals surface area contributed by atoms with Gasteiger partial charge in [-0.15, -0.1) is 23.4 Å². The maximum Gasteiger partial charge on any atom is 0.573 e. The molecule has 2 N–H and O–H groups in total. The second-order valence-electron chi connectivity index (χ2n) is 12.0. The lowest BCUT2D eigenvalue weighted by atomic mass is 9.57. The summed E-state index contributed by atoms with van der Waals surface area (Å²) >= 11 is 0. The third kappa shape index (κ3) is 4.16. The largest absolute Gasteiger partial charge is 0.573 e. The van der Waals surface area contributed by atoms with Crippen LogP contribution in [0.25, 0.3) is 0 Å². The molecule has 3 aliphatic heterocycles. The number of aromatic nitrogens is 3. The number of sulfonamides is 1. The second-order valence-corrected chi connectivity index (χ2v) is 13.9. The Bertz CT molecular complexity index is 1410. The average Bonchev–Trinajstić information content (AvgIpc) is 3.30. The number of H-pyrrole nitrogens is 1. The predicted octanol–water partition coefficient (Wildman–Crippen LogP) is 1.99. The molecule has 2 amide bonds. The van der Waals surface area contributed by atoms with E-state index in [1.54, 1.807) is 4.90 Å². The Labute approximate surface area is 222 Å². The number of ether oxygens (including phenoxy) is 1. The fourth-order valence-corrected chi connectivity index (χ4v) is 8.16. The van der Waals surface area contributed by atoms with E-state index in [4.69, 9.17) is 0 Å². The van der Waals surface area contributed by atoms with E-state index in [0.29, 0.717) is 44.8 Å². The lowest BCUT2D eigenvalue weighted by molar-refractivity contribution is -0.274. The van der Waals surface area contributed by atoms with Gasteiger partial charge in [0.1, 0.15) is 17.2 Å². The van der Waals surface area contributed by atoms with Crippen LogP contribution in [0.4, 0.5) is 18.0 Å². The molecule has 3 saturated heterocycles. The Balaban J connectivity index is 0.868. The van der Waals surface area contributed by atoms with E-state index in [1.807, 2.05) is 4.90 Å². The molecule has 2 aliphatic carbocycles. The molecule has 5 fully saturated rings. The summed E-state index contributed by atoms with van der Waals surface area (Å²) in [6, 6.07) is 4.12. The molecule has 11 nitrogen and oxygen atoms in total. The van der Waals surface area contributed by atoms with Gasteiger partial charge in [-0.1, -0.05) is 0 Å². The third-order valence-electron chi connectivity index (χ3n) is 8.78. The van der Waals surface area contributed by atoms with Gasteiger partial charge in [-0.3, -0.25) is 0 Å². The highest BCUT2D eigenvalue weighted by Gasteiger charge is 2.60. The monoisotopic (exact) mass is 568 g/mol. The van der Waals surface area contributed by atoms with Crippen molar-refractivity contribution >= 4 is 16.1 Å². The van der Waals surface area contributed by atoms with Gasteiger partial charge in [-0.2, -0.15) is 4.31 Å². The third-order valence-corrected chi connectivity index (χ3v) is 10.6. The van der Waals surface area contributed by atoms with E-state index >= 15 is 0 Å². The van der Waals surface area contributed by atoms with Gasteiger partial charge < -0.3 is 24.6 Å². The van der Waals surface area contributed by atoms with E-state index in [9.17, 15) is 31.5 Å². The highest BCUT2D eigenvalue weighted by molar-refractivity contribution is 7.89. The highest BCUT2D eigenvalue weighted by Crippen LogP contribution is 2.56. The van der Waals surface area contributed by atoms with Gasteiger partial charge in [0.15, 0.2) is 5.82 Å². The lowest BCUT2D eigenvalue weighted by Crippen LogP contribution is -2.76. The molecule has 0 bridgehead atoms. The standard InChI is InChI=1S/C24H27F3N6O5S/c25-24(26,27)38-16-1-3-17(4-2-16)39(36,37)33-13-22(14-33)11-32(12-22)20(34)31-9-21(10-31)7-15(8-21)18-28-19(30-29-18)23(35)5-6-23/h1-4,15,35H,5-14H2,(H,28,29,30). The molecule has 4 heterocycles. The maximum absolute atomic E-state index is 12.9. The van der Waals surface area contributed by atoms with Crippen LogP contribution < -0.4 is 4.74 Å². The van der Waals surface area contributed by atoms with Crippen molar-refractivity contribution in [2.24, 2.45) is 10.8 Å². The van der Waals surface area contributed by atoms with Crippen molar-refractivity contribution in [2.45, 2.75) is 48.5 Å². The number of carbonyl (C=O) groups is 1. The molecule has 2 saturated carbocycles. The maximum atomic E-state index is 12.9. The Morgan fingerprint density at radius 3 is 2.13 bits per heavy atom. The van der Waals surface area contributed by atoms with Gasteiger partial charge in [-0.05, 0) is 49.9 Å². The average molecular weight is 569 g/mol. The quantitative estimate of drug-likeness (QED) is 0.564. The van der Waals surface area contributed by atoms with Gasteiger partial charge in [-0.25, -0.2) is 13.2 Å². The first-order chi connectivity index (χ1) is 18.3. The Hall–Kier alpha value is -2.91. The van der Waals surface area contributed by atoms with Gasteiger partial charge in [0.05, 0.1) is 4.90 Å². The number of nitrogens with one attached hydrogen (secondary N) is 1. The number of nitrogens with zero attached hydrogens (tertiary/aromatic N) is 5. The summed E-state index contributed by atoms with van der Waals surface area (Å²) in [4.78, 5) is 19.6. The fourth-order valence-electron chi connectivity index (χ4n) is 6.49. The van der Waals surface area contributed by atoms with Crippen LogP contribution in [0.5, 0.6) is 5.75 Å². The van der Waals surface area contributed by atoms with Crippen LogP contribution in [-0.2, 0) is 15.6 Å². The smallest absolute Gasteiger partial charge is 0.406 e. The van der Waals surface area contributed by atoms with Crippen molar-refractivity contribution in [3.8, 4) is 5.75 Å². The first kappa shape index (κ1) is 25.1. The Morgan fingerprint density at radius 1 is 0.974 bits per heavy atom. The van der Waals surface area contributed by atoms with E-state index in [0.717, 1.165) is 42.9 Å². The minimum absolute atomic E-state index is 0.0332. The normalized spacial score (nSPS) is 25.0. The molecule has 0 radical (unpaired) electrons. The van der Waals surface area contributed by atoms with Gasteiger partial charge in [0.25, 0.3) is 0 Å². The minimum Gasteiger partial charge on any atom is -0.406 e. The number of rotatable bonds is 5. The summed E-state index contributed by atoms with van der Waals surface area (Å²) in [6.07, 6.45) is -1.60. The number of amides is 2. The summed E-state index contributed by atoms with van der Waals surface area (Å²) in [5.74, 6) is 1.13. The number of carbonyl (C=O) groups excluding carboxylic acids is 1. The number of hydrogen-bond acceptors (Lipinski definition) is 7. The van der Waals surface area contributed by atoms with Crippen molar-refractivity contribution < 1.29 is 36.2 Å². The van der Waals surface area contributed by atoms with Crippen LogP contribution in [0, 0.1) is 10.8 Å². The van der Waals surface area contributed by atoms with Gasteiger partial charge in [0, 0.05) is 56.0 Å². The number of benzene rings is 1. The van der Waals surface area contributed by atoms with Crippen LogP contribution in [0.15, 0.2) is 29.2 Å². The summed E-state index contributed by atoms with van der Waals surface area (Å²) in [5, 5.41) is 18.5. The first-order valence-electron chi connectivity index (χ1n) is 12.8. The minimum atomic E-state index is -4.85. The fraction of sp³-hybridized carbons (Fsp3) is 0.625.